The molecule has 0 aliphatic rings. The average Bonchev–Trinajstić information content (AvgIpc) is 2.28. The lowest BCUT2D eigenvalue weighted by Crippen LogP contribution is -2.10. The van der Waals surface area contributed by atoms with Crippen LogP contribution in [0.25, 0.3) is 0 Å². The van der Waals surface area contributed by atoms with E-state index in [9.17, 15) is 18.0 Å². The van der Waals surface area contributed by atoms with Gasteiger partial charge in [0, 0.05) is 11.8 Å². The van der Waals surface area contributed by atoms with Crippen LogP contribution in [0.15, 0.2) is 29.3 Å². The second-order valence-electron chi connectivity index (χ2n) is 3.36. The molecule has 0 aliphatic heterocycles. The van der Waals surface area contributed by atoms with Gasteiger partial charge in [0.05, 0.1) is 12.2 Å². The maximum atomic E-state index is 12.6. The zero-order valence-corrected chi connectivity index (χ0v) is 9.70. The second-order valence-corrected chi connectivity index (χ2v) is 3.36. The molecule has 0 heterocycles. The minimum atomic E-state index is -4.44. The lowest BCUT2D eigenvalue weighted by atomic mass is 10.1. The number of halogens is 3. The molecule has 0 unspecified atom stereocenters. The van der Waals surface area contributed by atoms with Crippen LogP contribution >= 0.6 is 0 Å². The predicted octanol–water partition coefficient (Wildman–Crippen LogP) is 2.69. The van der Waals surface area contributed by atoms with Gasteiger partial charge in [-0.2, -0.15) is 13.2 Å². The van der Waals surface area contributed by atoms with E-state index in [1.54, 1.807) is 6.92 Å². The Morgan fingerprint density at radius 1 is 1.39 bits per heavy atom. The van der Waals surface area contributed by atoms with Gasteiger partial charge in [-0.1, -0.05) is 18.2 Å². The van der Waals surface area contributed by atoms with Crippen molar-refractivity contribution in [3.8, 4) is 0 Å². The van der Waals surface area contributed by atoms with Gasteiger partial charge < -0.3 is 4.74 Å². The summed E-state index contributed by atoms with van der Waals surface area (Å²) in [5, 5.41) is 0. The monoisotopic (exact) mass is 259 g/mol. The maximum Gasteiger partial charge on any atom is 0.417 e. The van der Waals surface area contributed by atoms with Crippen LogP contribution in [-0.4, -0.2) is 25.3 Å². The number of aliphatic imine (C=N–C) groups is 1. The number of hydrogen-bond donors (Lipinski definition) is 0. The lowest BCUT2D eigenvalue weighted by molar-refractivity contribution is -0.141. The third-order valence-corrected chi connectivity index (χ3v) is 2.02. The zero-order chi connectivity index (χ0) is 13.6. The number of nitrogens with zero attached hydrogens (tertiary/aromatic N) is 1. The Hall–Kier alpha value is -1.85. The molecule has 0 radical (unpaired) electrons. The predicted molar refractivity (Wildman–Crippen MR) is 60.5 cm³/mol. The van der Waals surface area contributed by atoms with Crippen LogP contribution in [0.1, 0.15) is 18.1 Å². The van der Waals surface area contributed by atoms with Crippen molar-refractivity contribution in [3.63, 3.8) is 0 Å². The van der Waals surface area contributed by atoms with Crippen molar-refractivity contribution in [3.05, 3.63) is 35.4 Å². The average molecular weight is 259 g/mol. The van der Waals surface area contributed by atoms with Crippen LogP contribution in [0.5, 0.6) is 0 Å². The fourth-order valence-electron chi connectivity index (χ4n) is 1.29. The molecule has 0 saturated carbocycles. The van der Waals surface area contributed by atoms with E-state index < -0.39 is 17.7 Å². The van der Waals surface area contributed by atoms with Crippen molar-refractivity contribution in [2.24, 2.45) is 4.99 Å². The van der Waals surface area contributed by atoms with Crippen molar-refractivity contribution < 1.29 is 22.7 Å². The number of benzene rings is 1. The van der Waals surface area contributed by atoms with Gasteiger partial charge in [0.15, 0.2) is 0 Å². The summed E-state index contributed by atoms with van der Waals surface area (Å²) in [5.74, 6) is -0.571. The topological polar surface area (TPSA) is 38.7 Å². The number of carbonyl (C=O) groups excluding carboxylic acids is 1. The summed E-state index contributed by atoms with van der Waals surface area (Å²) in [6, 6.07) is 5.02. The number of esters is 1. The maximum absolute atomic E-state index is 12.6. The van der Waals surface area contributed by atoms with Crippen LogP contribution in [0.2, 0.25) is 0 Å². The molecule has 0 fully saturated rings. The molecule has 1 aromatic carbocycles. The van der Waals surface area contributed by atoms with E-state index in [0.29, 0.717) is 0 Å². The molecule has 1 rings (SSSR count). The van der Waals surface area contributed by atoms with Crippen LogP contribution < -0.4 is 0 Å². The Balaban J connectivity index is 2.79. The van der Waals surface area contributed by atoms with Crippen LogP contribution in [0.3, 0.4) is 0 Å². The van der Waals surface area contributed by atoms with E-state index in [4.69, 9.17) is 0 Å². The van der Waals surface area contributed by atoms with Crippen molar-refractivity contribution >= 4 is 12.2 Å². The number of alkyl halides is 3. The molecule has 0 spiro atoms. The van der Waals surface area contributed by atoms with Gasteiger partial charge in [0.2, 0.25) is 0 Å². The molecule has 0 atom stereocenters. The molecule has 98 valence electrons. The molecule has 1 aromatic rings. The van der Waals surface area contributed by atoms with Gasteiger partial charge in [-0.25, -0.2) is 0 Å². The van der Waals surface area contributed by atoms with Gasteiger partial charge in [-0.15, -0.1) is 0 Å². The van der Waals surface area contributed by atoms with E-state index in [1.807, 2.05) is 0 Å². The van der Waals surface area contributed by atoms with Crippen LogP contribution in [-0.2, 0) is 15.7 Å². The van der Waals surface area contributed by atoms with Crippen LogP contribution in [0, 0.1) is 0 Å². The first-order chi connectivity index (χ1) is 8.45. The van der Waals surface area contributed by atoms with E-state index in [0.717, 1.165) is 12.3 Å². The zero-order valence-electron chi connectivity index (χ0n) is 9.70. The Morgan fingerprint density at radius 2 is 2.06 bits per heavy atom. The highest BCUT2D eigenvalue weighted by Crippen LogP contribution is 2.30. The fraction of sp³-hybridized carbons (Fsp3) is 0.333. The first-order valence-electron chi connectivity index (χ1n) is 5.26. The molecule has 0 bridgehead atoms. The lowest BCUT2D eigenvalue weighted by Gasteiger charge is -2.09. The van der Waals surface area contributed by atoms with Gasteiger partial charge in [0.1, 0.15) is 6.54 Å². The highest BCUT2D eigenvalue weighted by Gasteiger charge is 2.32. The minimum Gasteiger partial charge on any atom is -0.465 e. The smallest absolute Gasteiger partial charge is 0.417 e. The fourth-order valence-corrected chi connectivity index (χ4v) is 1.29. The molecule has 0 aromatic heterocycles. The number of carbonyl (C=O) groups is 1. The van der Waals surface area contributed by atoms with Crippen molar-refractivity contribution in [2.75, 3.05) is 13.2 Å². The molecule has 3 nitrogen and oxygen atoms in total. The highest BCUT2D eigenvalue weighted by atomic mass is 19.4. The standard InChI is InChI=1S/C12H12F3NO2/c1-2-18-11(17)8-16-7-9-5-3-4-6-10(9)12(13,14)15/h3-7H,2,8H2,1H3. The second kappa shape index (κ2) is 6.18. The molecule has 6 heteroatoms. The van der Waals surface area contributed by atoms with Gasteiger partial charge in [-0.3, -0.25) is 9.79 Å². The summed E-state index contributed by atoms with van der Waals surface area (Å²) in [6.45, 7) is 1.56. The number of hydrogen-bond acceptors (Lipinski definition) is 3. The summed E-state index contributed by atoms with van der Waals surface area (Å²) in [4.78, 5) is 14.6. The highest BCUT2D eigenvalue weighted by molar-refractivity contribution is 5.84. The van der Waals surface area contributed by atoms with Gasteiger partial charge in [-0.05, 0) is 13.0 Å². The third-order valence-electron chi connectivity index (χ3n) is 2.02. The number of rotatable bonds is 4. The first-order valence-corrected chi connectivity index (χ1v) is 5.26. The Kier molecular flexibility index (Phi) is 4.88. The summed E-state index contributed by atoms with van der Waals surface area (Å²) in [7, 11) is 0. The van der Waals surface area contributed by atoms with E-state index in [1.165, 1.54) is 18.2 Å². The Labute approximate surface area is 102 Å². The Bertz CT molecular complexity index is 441. The summed E-state index contributed by atoms with van der Waals surface area (Å²) in [6.07, 6.45) is -3.41. The molecule has 18 heavy (non-hydrogen) atoms. The van der Waals surface area contributed by atoms with Crippen LogP contribution in [0.4, 0.5) is 13.2 Å². The molecule has 0 N–H and O–H groups in total. The van der Waals surface area contributed by atoms with E-state index in [-0.39, 0.29) is 18.7 Å². The molecular formula is C12H12F3NO2. The molecular weight excluding hydrogens is 247 g/mol. The molecule has 0 saturated heterocycles. The Morgan fingerprint density at radius 3 is 2.67 bits per heavy atom. The van der Waals surface area contributed by atoms with Crippen molar-refractivity contribution in [1.82, 2.24) is 0 Å². The van der Waals surface area contributed by atoms with Gasteiger partial charge in [0.25, 0.3) is 0 Å². The quantitative estimate of drug-likeness (QED) is 0.616. The van der Waals surface area contributed by atoms with E-state index >= 15 is 0 Å². The first kappa shape index (κ1) is 14.2. The largest absolute Gasteiger partial charge is 0.465 e. The summed E-state index contributed by atoms with van der Waals surface area (Å²) >= 11 is 0. The minimum absolute atomic E-state index is 0.0747. The molecule has 0 aliphatic carbocycles. The molecule has 0 amide bonds. The normalized spacial score (nSPS) is 11.8. The third kappa shape index (κ3) is 4.20. The SMILES string of the molecule is CCOC(=O)CN=Cc1ccccc1C(F)(F)F. The van der Waals surface area contributed by atoms with Crippen molar-refractivity contribution in [1.29, 1.82) is 0 Å². The summed E-state index contributed by atoms with van der Waals surface area (Å²) in [5.41, 5.74) is -0.855. The van der Waals surface area contributed by atoms with Gasteiger partial charge >= 0.3 is 12.1 Å². The van der Waals surface area contributed by atoms with E-state index in [2.05, 4.69) is 9.73 Å². The summed E-state index contributed by atoms with van der Waals surface area (Å²) < 4.78 is 42.4. The number of ether oxygens (including phenoxy) is 1. The van der Waals surface area contributed by atoms with Crippen molar-refractivity contribution in [2.45, 2.75) is 13.1 Å².